The summed E-state index contributed by atoms with van der Waals surface area (Å²) in [4.78, 5) is 0. The molecule has 0 saturated carbocycles. The fraction of sp³-hybridized carbons (Fsp3) is 0.667. The van der Waals surface area contributed by atoms with Gasteiger partial charge in [-0.2, -0.15) is 4.58 Å². The van der Waals surface area contributed by atoms with Crippen molar-refractivity contribution in [3.8, 4) is 0 Å². The van der Waals surface area contributed by atoms with Crippen molar-refractivity contribution in [1.82, 2.24) is 0 Å². The van der Waals surface area contributed by atoms with E-state index < -0.39 is 0 Å². The summed E-state index contributed by atoms with van der Waals surface area (Å²) in [6.45, 7) is 7.71. The Labute approximate surface area is 68.2 Å². The Balaban J connectivity index is 2.45. The van der Waals surface area contributed by atoms with Crippen LogP contribution >= 0.6 is 0 Å². The van der Waals surface area contributed by atoms with Crippen LogP contribution < -0.4 is 0 Å². The molecule has 1 aliphatic rings. The summed E-state index contributed by atoms with van der Waals surface area (Å²) in [7, 11) is 0. The Morgan fingerprint density at radius 1 is 1.73 bits per heavy atom. The standard InChI is InChI=1S/C9H16NO/c1-3-5-6-9-10(4-2)7-8-11-9/h4H,2-3,5-8H2,1H3/q+1. The van der Waals surface area contributed by atoms with Gasteiger partial charge in [0.05, 0.1) is 6.42 Å². The second-order valence-electron chi connectivity index (χ2n) is 2.72. The molecule has 0 spiro atoms. The van der Waals surface area contributed by atoms with Gasteiger partial charge in [0.25, 0.3) is 0 Å². The van der Waals surface area contributed by atoms with Gasteiger partial charge in [0, 0.05) is 0 Å². The van der Waals surface area contributed by atoms with Crippen molar-refractivity contribution in [3.63, 3.8) is 0 Å². The minimum atomic E-state index is 0.824. The largest absolute Gasteiger partial charge is 0.441 e. The van der Waals surface area contributed by atoms with Gasteiger partial charge in [-0.05, 0) is 13.0 Å². The molecule has 2 nitrogen and oxygen atoms in total. The third-order valence-corrected chi connectivity index (χ3v) is 1.89. The summed E-state index contributed by atoms with van der Waals surface area (Å²) in [5.41, 5.74) is 0. The highest BCUT2D eigenvalue weighted by molar-refractivity contribution is 5.71. The van der Waals surface area contributed by atoms with E-state index in [9.17, 15) is 0 Å². The lowest BCUT2D eigenvalue weighted by Crippen LogP contribution is -2.08. The van der Waals surface area contributed by atoms with E-state index in [0.29, 0.717) is 0 Å². The smallest absolute Gasteiger partial charge is 0.341 e. The lowest BCUT2D eigenvalue weighted by atomic mass is 10.2. The molecule has 0 aromatic heterocycles. The lowest BCUT2D eigenvalue weighted by molar-refractivity contribution is -0.446. The maximum atomic E-state index is 5.43. The predicted octanol–water partition coefficient (Wildman–Crippen LogP) is 1.76. The number of rotatable bonds is 4. The van der Waals surface area contributed by atoms with Crippen molar-refractivity contribution in [3.05, 3.63) is 12.8 Å². The molecule has 0 saturated heterocycles. The minimum Gasteiger partial charge on any atom is -0.441 e. The van der Waals surface area contributed by atoms with Crippen molar-refractivity contribution in [2.75, 3.05) is 13.2 Å². The third kappa shape index (κ3) is 2.07. The molecule has 0 aromatic carbocycles. The van der Waals surface area contributed by atoms with Crippen molar-refractivity contribution in [2.24, 2.45) is 0 Å². The van der Waals surface area contributed by atoms with Gasteiger partial charge in [0.2, 0.25) is 0 Å². The van der Waals surface area contributed by atoms with Crippen LogP contribution in [-0.4, -0.2) is 23.6 Å². The summed E-state index contributed by atoms with van der Waals surface area (Å²) in [6, 6.07) is 0. The second kappa shape index (κ2) is 4.16. The molecule has 0 aromatic rings. The molecule has 0 aliphatic carbocycles. The Bertz CT molecular complexity index is 172. The van der Waals surface area contributed by atoms with E-state index in [4.69, 9.17) is 4.74 Å². The van der Waals surface area contributed by atoms with Gasteiger partial charge in [-0.1, -0.05) is 13.3 Å². The number of hydrogen-bond donors (Lipinski definition) is 0. The number of nitrogens with zero attached hydrogens (tertiary/aromatic N) is 1. The summed E-state index contributed by atoms with van der Waals surface area (Å²) in [6.07, 6.45) is 5.33. The first-order valence-corrected chi connectivity index (χ1v) is 4.26. The molecule has 11 heavy (non-hydrogen) atoms. The van der Waals surface area contributed by atoms with E-state index in [1.165, 1.54) is 12.8 Å². The average Bonchev–Trinajstić information content (AvgIpc) is 2.47. The number of unbranched alkanes of at least 4 members (excludes halogenated alkanes) is 1. The molecule has 2 heteroatoms. The van der Waals surface area contributed by atoms with E-state index >= 15 is 0 Å². The van der Waals surface area contributed by atoms with Crippen molar-refractivity contribution >= 4 is 5.90 Å². The Hall–Kier alpha value is -0.790. The fourth-order valence-electron chi connectivity index (χ4n) is 1.21. The number of ether oxygens (including phenoxy) is 1. The Morgan fingerprint density at radius 2 is 2.55 bits per heavy atom. The fourth-order valence-corrected chi connectivity index (χ4v) is 1.21. The van der Waals surface area contributed by atoms with Gasteiger partial charge in [0.15, 0.2) is 19.4 Å². The normalized spacial score (nSPS) is 16.8. The van der Waals surface area contributed by atoms with E-state index in [-0.39, 0.29) is 0 Å². The highest BCUT2D eigenvalue weighted by atomic mass is 16.5. The van der Waals surface area contributed by atoms with E-state index in [2.05, 4.69) is 18.1 Å². The highest BCUT2D eigenvalue weighted by Gasteiger charge is 2.20. The van der Waals surface area contributed by atoms with Crippen LogP contribution in [0, 0.1) is 0 Å². The molecule has 0 atom stereocenters. The summed E-state index contributed by atoms with van der Waals surface area (Å²) >= 11 is 0. The summed E-state index contributed by atoms with van der Waals surface area (Å²) < 4.78 is 7.52. The maximum absolute atomic E-state index is 5.43. The highest BCUT2D eigenvalue weighted by Crippen LogP contribution is 2.03. The predicted molar refractivity (Wildman–Crippen MR) is 45.8 cm³/mol. The molecular weight excluding hydrogens is 138 g/mol. The lowest BCUT2D eigenvalue weighted by Gasteiger charge is -1.94. The van der Waals surface area contributed by atoms with Crippen LogP contribution in [0.15, 0.2) is 12.8 Å². The number of hydrogen-bond acceptors (Lipinski definition) is 1. The quantitative estimate of drug-likeness (QED) is 0.562. The molecule has 1 aliphatic heterocycles. The topological polar surface area (TPSA) is 12.2 Å². The zero-order chi connectivity index (χ0) is 8.10. The van der Waals surface area contributed by atoms with E-state index in [0.717, 1.165) is 25.5 Å². The second-order valence-corrected chi connectivity index (χ2v) is 2.72. The third-order valence-electron chi connectivity index (χ3n) is 1.89. The summed E-state index contributed by atoms with van der Waals surface area (Å²) in [5.74, 6) is 1.10. The van der Waals surface area contributed by atoms with Crippen LogP contribution in [0.1, 0.15) is 26.2 Å². The van der Waals surface area contributed by atoms with Crippen LogP contribution in [0.25, 0.3) is 0 Å². The minimum absolute atomic E-state index is 0.824. The van der Waals surface area contributed by atoms with Crippen molar-refractivity contribution < 1.29 is 9.31 Å². The van der Waals surface area contributed by atoms with E-state index in [1.807, 2.05) is 6.20 Å². The monoisotopic (exact) mass is 154 g/mol. The van der Waals surface area contributed by atoms with Crippen LogP contribution in [0.3, 0.4) is 0 Å². The zero-order valence-corrected chi connectivity index (χ0v) is 7.18. The van der Waals surface area contributed by atoms with Gasteiger partial charge in [0.1, 0.15) is 0 Å². The molecular formula is C9H16NO+. The first kappa shape index (κ1) is 8.31. The maximum Gasteiger partial charge on any atom is 0.341 e. The Kier molecular flexibility index (Phi) is 3.14. The SMILES string of the molecule is C=C[N+]1=C(CCCC)OCC1. The molecule has 1 rings (SSSR count). The van der Waals surface area contributed by atoms with Gasteiger partial charge < -0.3 is 4.74 Å². The van der Waals surface area contributed by atoms with Crippen LogP contribution in [0.4, 0.5) is 0 Å². The Morgan fingerprint density at radius 3 is 3.18 bits per heavy atom. The van der Waals surface area contributed by atoms with Crippen molar-refractivity contribution in [2.45, 2.75) is 26.2 Å². The molecule has 0 bridgehead atoms. The average molecular weight is 154 g/mol. The van der Waals surface area contributed by atoms with Gasteiger partial charge >= 0.3 is 5.90 Å². The van der Waals surface area contributed by atoms with Crippen molar-refractivity contribution in [1.29, 1.82) is 0 Å². The van der Waals surface area contributed by atoms with Crippen LogP contribution in [-0.2, 0) is 4.74 Å². The van der Waals surface area contributed by atoms with E-state index in [1.54, 1.807) is 0 Å². The first-order chi connectivity index (χ1) is 5.38. The van der Waals surface area contributed by atoms with Crippen LogP contribution in [0.5, 0.6) is 0 Å². The van der Waals surface area contributed by atoms with Crippen LogP contribution in [0.2, 0.25) is 0 Å². The molecule has 0 fully saturated rings. The zero-order valence-electron chi connectivity index (χ0n) is 7.18. The molecule has 1 heterocycles. The molecule has 0 amide bonds. The van der Waals surface area contributed by atoms with Gasteiger partial charge in [-0.25, -0.2) is 0 Å². The molecule has 0 N–H and O–H groups in total. The summed E-state index contributed by atoms with van der Waals surface area (Å²) in [5, 5.41) is 0. The van der Waals surface area contributed by atoms with Gasteiger partial charge in [-0.15, -0.1) is 0 Å². The van der Waals surface area contributed by atoms with Gasteiger partial charge in [-0.3, -0.25) is 0 Å². The molecule has 0 unspecified atom stereocenters. The molecule has 0 radical (unpaired) electrons. The molecule has 62 valence electrons. The first-order valence-electron chi connectivity index (χ1n) is 4.26.